The Labute approximate surface area is 247 Å². The van der Waals surface area contributed by atoms with Gasteiger partial charge in [0.15, 0.2) is 0 Å². The molecule has 1 amide bonds. The minimum absolute atomic E-state index is 0.240. The Bertz CT molecular complexity index is 1320. The van der Waals surface area contributed by atoms with E-state index in [0.29, 0.717) is 23.8 Å². The van der Waals surface area contributed by atoms with Gasteiger partial charge in [0.05, 0.1) is 12.3 Å². The van der Waals surface area contributed by atoms with Crippen molar-refractivity contribution in [2.45, 2.75) is 69.8 Å². The molecule has 1 atom stereocenters. The van der Waals surface area contributed by atoms with Crippen LogP contribution in [0.3, 0.4) is 0 Å². The number of ether oxygens (including phenoxy) is 2. The SMILES string of the molecule is Cc1cccc(C)c1SCc1ccc(OCCc2ccccc2)c(/C=C/C(=O)NCCC(N)C(=O)OC(C)(C)C)n1. The average Bonchev–Trinajstić information content (AvgIpc) is 2.92. The molecule has 41 heavy (non-hydrogen) atoms. The summed E-state index contributed by atoms with van der Waals surface area (Å²) in [7, 11) is 0. The maximum Gasteiger partial charge on any atom is 0.323 e. The van der Waals surface area contributed by atoms with E-state index in [-0.39, 0.29) is 18.9 Å². The van der Waals surface area contributed by atoms with Crippen LogP contribution in [0.25, 0.3) is 6.08 Å². The molecule has 3 aromatic rings. The fourth-order valence-electron chi connectivity index (χ4n) is 3.98. The first-order valence-corrected chi connectivity index (χ1v) is 14.8. The number of esters is 1. The highest BCUT2D eigenvalue weighted by molar-refractivity contribution is 7.98. The number of nitrogens with zero attached hydrogens (tertiary/aromatic N) is 1. The topological polar surface area (TPSA) is 104 Å². The van der Waals surface area contributed by atoms with Crippen LogP contribution in [0.4, 0.5) is 0 Å². The van der Waals surface area contributed by atoms with Gasteiger partial charge in [-0.1, -0.05) is 48.5 Å². The van der Waals surface area contributed by atoms with Crippen LogP contribution in [0, 0.1) is 13.8 Å². The lowest BCUT2D eigenvalue weighted by atomic mass is 10.1. The third kappa shape index (κ3) is 11.1. The fourth-order valence-corrected chi connectivity index (χ4v) is 5.03. The summed E-state index contributed by atoms with van der Waals surface area (Å²) >= 11 is 1.74. The number of carbonyl (C=O) groups excluding carboxylic acids is 2. The largest absolute Gasteiger partial charge is 0.491 e. The molecule has 0 aliphatic carbocycles. The molecule has 0 fully saturated rings. The molecular formula is C33H41N3O4S. The number of benzene rings is 2. The zero-order chi connectivity index (χ0) is 29.8. The number of carbonyl (C=O) groups is 2. The molecule has 0 aliphatic rings. The quantitative estimate of drug-likeness (QED) is 0.151. The van der Waals surface area contributed by atoms with Gasteiger partial charge in [0.25, 0.3) is 0 Å². The Morgan fingerprint density at radius 3 is 2.41 bits per heavy atom. The van der Waals surface area contributed by atoms with Crippen LogP contribution in [0.1, 0.15) is 55.3 Å². The first kappa shape index (κ1) is 31.9. The molecule has 0 saturated carbocycles. The maximum atomic E-state index is 12.5. The van der Waals surface area contributed by atoms with Crippen molar-refractivity contribution < 1.29 is 19.1 Å². The predicted molar refractivity (Wildman–Crippen MR) is 166 cm³/mol. The molecule has 8 heteroatoms. The summed E-state index contributed by atoms with van der Waals surface area (Å²) in [6.45, 7) is 10.3. The Kier molecular flexibility index (Phi) is 12.0. The highest BCUT2D eigenvalue weighted by Crippen LogP contribution is 2.30. The molecule has 3 N–H and O–H groups in total. The van der Waals surface area contributed by atoms with Gasteiger partial charge in [0.1, 0.15) is 23.1 Å². The number of pyridine rings is 1. The van der Waals surface area contributed by atoms with Gasteiger partial charge in [-0.3, -0.25) is 9.59 Å². The summed E-state index contributed by atoms with van der Waals surface area (Å²) in [5.74, 6) is 0.497. The lowest BCUT2D eigenvalue weighted by Gasteiger charge is -2.22. The van der Waals surface area contributed by atoms with E-state index in [1.807, 2.05) is 30.3 Å². The van der Waals surface area contributed by atoms with Crippen LogP contribution in [-0.2, 0) is 26.5 Å². The van der Waals surface area contributed by atoms with E-state index in [1.165, 1.54) is 27.7 Å². The molecular weight excluding hydrogens is 534 g/mol. The zero-order valence-electron chi connectivity index (χ0n) is 24.6. The third-order valence-electron chi connectivity index (χ3n) is 6.06. The lowest BCUT2D eigenvalue weighted by Crippen LogP contribution is -2.39. The number of hydrogen-bond donors (Lipinski definition) is 2. The van der Waals surface area contributed by atoms with Crippen LogP contribution in [0.15, 0.2) is 71.6 Å². The van der Waals surface area contributed by atoms with E-state index in [9.17, 15) is 9.59 Å². The Balaban J connectivity index is 1.65. The van der Waals surface area contributed by atoms with Gasteiger partial charge in [-0.2, -0.15) is 0 Å². The van der Waals surface area contributed by atoms with Gasteiger partial charge < -0.3 is 20.5 Å². The van der Waals surface area contributed by atoms with E-state index >= 15 is 0 Å². The van der Waals surface area contributed by atoms with E-state index in [1.54, 1.807) is 38.6 Å². The normalized spacial score (nSPS) is 12.2. The second-order valence-corrected chi connectivity index (χ2v) is 11.8. The number of nitrogens with one attached hydrogen (secondary N) is 1. The van der Waals surface area contributed by atoms with Gasteiger partial charge in [0, 0.05) is 29.7 Å². The van der Waals surface area contributed by atoms with E-state index in [2.05, 4.69) is 49.5 Å². The summed E-state index contributed by atoms with van der Waals surface area (Å²) in [5, 5.41) is 2.77. The zero-order valence-corrected chi connectivity index (χ0v) is 25.4. The van der Waals surface area contributed by atoms with Gasteiger partial charge >= 0.3 is 5.97 Å². The number of amides is 1. The Hall–Kier alpha value is -3.62. The Morgan fingerprint density at radius 1 is 1.02 bits per heavy atom. The smallest absolute Gasteiger partial charge is 0.323 e. The van der Waals surface area contributed by atoms with Crippen LogP contribution < -0.4 is 15.8 Å². The van der Waals surface area contributed by atoms with Crippen molar-refractivity contribution >= 4 is 29.7 Å². The molecule has 1 heterocycles. The number of thioether (sulfide) groups is 1. The van der Waals surface area contributed by atoms with E-state index in [0.717, 1.165) is 12.1 Å². The van der Waals surface area contributed by atoms with E-state index < -0.39 is 17.6 Å². The second kappa shape index (κ2) is 15.4. The van der Waals surface area contributed by atoms with Gasteiger partial charge in [-0.25, -0.2) is 4.98 Å². The number of rotatable bonds is 13. The third-order valence-corrected chi connectivity index (χ3v) is 7.44. The number of hydrogen-bond acceptors (Lipinski definition) is 7. The van der Waals surface area contributed by atoms with E-state index in [4.69, 9.17) is 20.2 Å². The number of aromatic nitrogens is 1. The van der Waals surface area contributed by atoms with Crippen molar-refractivity contribution in [3.8, 4) is 5.75 Å². The summed E-state index contributed by atoms with van der Waals surface area (Å²) < 4.78 is 11.4. The highest BCUT2D eigenvalue weighted by atomic mass is 32.2. The molecule has 0 radical (unpaired) electrons. The first-order chi connectivity index (χ1) is 19.5. The minimum atomic E-state index is -0.809. The predicted octanol–water partition coefficient (Wildman–Crippen LogP) is 5.80. The summed E-state index contributed by atoms with van der Waals surface area (Å²) in [5.41, 5.74) is 10.4. The van der Waals surface area contributed by atoms with Crippen LogP contribution >= 0.6 is 11.8 Å². The van der Waals surface area contributed by atoms with Crippen molar-refractivity contribution in [1.82, 2.24) is 10.3 Å². The first-order valence-electron chi connectivity index (χ1n) is 13.8. The molecule has 0 aliphatic heterocycles. The summed E-state index contributed by atoms with van der Waals surface area (Å²) in [4.78, 5) is 30.7. The minimum Gasteiger partial charge on any atom is -0.491 e. The number of aryl methyl sites for hydroxylation is 2. The van der Waals surface area contributed by atoms with Crippen molar-refractivity contribution in [2.75, 3.05) is 13.2 Å². The molecule has 0 bridgehead atoms. The van der Waals surface area contributed by atoms with Crippen molar-refractivity contribution in [1.29, 1.82) is 0 Å². The second-order valence-electron chi connectivity index (χ2n) is 10.8. The maximum absolute atomic E-state index is 12.5. The molecule has 0 spiro atoms. The molecule has 0 saturated heterocycles. The van der Waals surface area contributed by atoms with Crippen molar-refractivity contribution in [2.24, 2.45) is 5.73 Å². The van der Waals surface area contributed by atoms with Crippen LogP contribution in [0.5, 0.6) is 5.75 Å². The van der Waals surface area contributed by atoms with Crippen molar-refractivity contribution in [3.63, 3.8) is 0 Å². The van der Waals surface area contributed by atoms with Crippen LogP contribution in [-0.4, -0.2) is 41.7 Å². The van der Waals surface area contributed by atoms with Gasteiger partial charge in [0.2, 0.25) is 5.91 Å². The molecule has 218 valence electrons. The summed E-state index contributed by atoms with van der Waals surface area (Å²) in [6.07, 6.45) is 4.11. The van der Waals surface area contributed by atoms with Gasteiger partial charge in [-0.05, 0) is 75.9 Å². The van der Waals surface area contributed by atoms with Crippen LogP contribution in [0.2, 0.25) is 0 Å². The Morgan fingerprint density at radius 2 is 1.73 bits per heavy atom. The lowest BCUT2D eigenvalue weighted by molar-refractivity contribution is -0.156. The van der Waals surface area contributed by atoms with Gasteiger partial charge in [-0.15, -0.1) is 11.8 Å². The molecule has 1 unspecified atom stereocenters. The number of nitrogens with two attached hydrogens (primary N) is 1. The average molecular weight is 576 g/mol. The molecule has 7 nitrogen and oxygen atoms in total. The summed E-state index contributed by atoms with van der Waals surface area (Å²) in [6, 6.07) is 19.5. The molecule has 1 aromatic heterocycles. The molecule has 2 aromatic carbocycles. The monoisotopic (exact) mass is 575 g/mol. The fraction of sp³-hybridized carbons (Fsp3) is 0.364. The standard InChI is InChI=1S/C33H41N3O4S/c1-23-10-9-11-24(2)31(23)41-22-26-14-16-29(39-21-19-25-12-7-6-8-13-25)28(36-26)15-17-30(37)35-20-18-27(34)32(38)40-33(3,4)5/h6-17,27H,18-22,34H2,1-5H3,(H,35,37)/b17-15+. The molecule has 3 rings (SSSR count). The highest BCUT2D eigenvalue weighted by Gasteiger charge is 2.21. The van der Waals surface area contributed by atoms with Crippen molar-refractivity contribution in [3.05, 3.63) is 94.8 Å².